The third-order valence-electron chi connectivity index (χ3n) is 5.49. The molecule has 6 rings (SSSR count). The molecule has 0 spiro atoms. The molecule has 0 N–H and O–H groups in total. The minimum atomic E-state index is 0.747. The van der Waals surface area contributed by atoms with E-state index >= 15 is 0 Å². The van der Waals surface area contributed by atoms with Gasteiger partial charge in [-0.3, -0.25) is 0 Å². The monoisotopic (exact) mass is 168 g/mol. The highest BCUT2D eigenvalue weighted by molar-refractivity contribution is 5.55. The number of hydrogen-bond donors (Lipinski definition) is 0. The topological polar surface area (TPSA) is 0 Å². The first-order valence-electron chi connectivity index (χ1n) is 5.51. The van der Waals surface area contributed by atoms with Gasteiger partial charge >= 0.3 is 0 Å². The van der Waals surface area contributed by atoms with Crippen LogP contribution in [0.2, 0.25) is 0 Å². The van der Waals surface area contributed by atoms with Gasteiger partial charge in [0, 0.05) is 5.41 Å². The summed E-state index contributed by atoms with van der Waals surface area (Å²) >= 11 is 0. The highest BCUT2D eigenvalue weighted by atomic mass is 15.0. The molecular weight excluding hydrogens is 156 g/mol. The fourth-order valence-corrected chi connectivity index (χ4v) is 5.28. The fraction of sp³-hybridized carbons (Fsp3) is 0.538. The second-order valence-corrected chi connectivity index (χ2v) is 5.43. The van der Waals surface area contributed by atoms with Crippen molar-refractivity contribution in [1.82, 2.24) is 0 Å². The van der Waals surface area contributed by atoms with E-state index in [9.17, 15) is 0 Å². The molecule has 0 nitrogen and oxygen atoms in total. The van der Waals surface area contributed by atoms with Gasteiger partial charge in [0.1, 0.15) is 0 Å². The molecule has 5 aliphatic rings. The molecule has 0 aromatic heterocycles. The molecule has 1 aromatic carbocycles. The number of rotatable bonds is 1. The molecule has 0 saturated heterocycles. The molecule has 0 radical (unpaired) electrons. The molecule has 2 bridgehead atoms. The molecule has 6 atom stereocenters. The Bertz CT molecular complexity index is 386. The number of benzene rings is 1. The van der Waals surface area contributed by atoms with Crippen LogP contribution in [-0.4, -0.2) is 0 Å². The Morgan fingerprint density at radius 1 is 1.08 bits per heavy atom. The average molecular weight is 168 g/mol. The smallest absolute Gasteiger partial charge is 0.00522 e. The van der Waals surface area contributed by atoms with E-state index in [0.29, 0.717) is 0 Å². The molecular formula is C13H12. The third-order valence-corrected chi connectivity index (χ3v) is 5.49. The second kappa shape index (κ2) is 1.37. The van der Waals surface area contributed by atoms with Crippen molar-refractivity contribution in [2.75, 3.05) is 0 Å². The van der Waals surface area contributed by atoms with Crippen molar-refractivity contribution < 1.29 is 0 Å². The van der Waals surface area contributed by atoms with Crippen LogP contribution in [0.25, 0.3) is 0 Å². The van der Waals surface area contributed by atoms with Crippen LogP contribution >= 0.6 is 0 Å². The first kappa shape index (κ1) is 5.85. The van der Waals surface area contributed by atoms with Crippen LogP contribution in [0, 0.1) is 29.6 Å². The first-order valence-corrected chi connectivity index (χ1v) is 5.51. The molecule has 5 aliphatic carbocycles. The maximum atomic E-state index is 2.37. The third kappa shape index (κ3) is 0.364. The summed E-state index contributed by atoms with van der Waals surface area (Å²) in [5.41, 5.74) is 2.42. The van der Waals surface area contributed by atoms with Crippen LogP contribution < -0.4 is 0 Å². The molecule has 5 fully saturated rings. The summed E-state index contributed by atoms with van der Waals surface area (Å²) in [7, 11) is 0. The zero-order valence-electron chi connectivity index (χ0n) is 7.48. The van der Waals surface area contributed by atoms with Crippen LogP contribution in [0.15, 0.2) is 30.3 Å². The molecule has 0 aliphatic heterocycles. The summed E-state index contributed by atoms with van der Waals surface area (Å²) < 4.78 is 0. The Kier molecular flexibility index (Phi) is 0.617. The van der Waals surface area contributed by atoms with Gasteiger partial charge in [0.05, 0.1) is 0 Å². The molecule has 5 saturated carbocycles. The van der Waals surface area contributed by atoms with E-state index < -0.39 is 0 Å². The van der Waals surface area contributed by atoms with E-state index in [2.05, 4.69) is 30.3 Å². The van der Waals surface area contributed by atoms with Gasteiger partial charge in [0.15, 0.2) is 0 Å². The lowest BCUT2D eigenvalue weighted by Gasteiger charge is -2.25. The van der Waals surface area contributed by atoms with Crippen molar-refractivity contribution in [3.05, 3.63) is 35.9 Å². The van der Waals surface area contributed by atoms with Crippen molar-refractivity contribution in [3.8, 4) is 0 Å². The molecule has 64 valence electrons. The van der Waals surface area contributed by atoms with E-state index in [1.165, 1.54) is 11.8 Å². The van der Waals surface area contributed by atoms with Gasteiger partial charge in [0.2, 0.25) is 0 Å². The fourth-order valence-electron chi connectivity index (χ4n) is 5.28. The Morgan fingerprint density at radius 2 is 1.92 bits per heavy atom. The van der Waals surface area contributed by atoms with Crippen molar-refractivity contribution in [1.29, 1.82) is 0 Å². The summed E-state index contributed by atoms with van der Waals surface area (Å²) in [6, 6.07) is 11.3. The Hall–Kier alpha value is -0.780. The van der Waals surface area contributed by atoms with Gasteiger partial charge in [-0.2, -0.15) is 0 Å². The van der Waals surface area contributed by atoms with Gasteiger partial charge in [-0.25, -0.2) is 0 Å². The molecule has 0 heterocycles. The quantitative estimate of drug-likeness (QED) is 0.604. The van der Waals surface area contributed by atoms with Gasteiger partial charge in [-0.15, -0.1) is 0 Å². The van der Waals surface area contributed by atoms with Crippen molar-refractivity contribution in [2.24, 2.45) is 29.6 Å². The number of hydrogen-bond acceptors (Lipinski definition) is 0. The molecule has 6 unspecified atom stereocenters. The van der Waals surface area contributed by atoms with Crippen molar-refractivity contribution >= 4 is 0 Å². The van der Waals surface area contributed by atoms with E-state index in [-0.39, 0.29) is 0 Å². The summed E-state index contributed by atoms with van der Waals surface area (Å²) in [6.45, 7) is 0. The van der Waals surface area contributed by atoms with E-state index in [1.807, 2.05) is 0 Å². The van der Waals surface area contributed by atoms with Crippen molar-refractivity contribution in [2.45, 2.75) is 11.8 Å². The summed E-state index contributed by atoms with van der Waals surface area (Å²) in [6.07, 6.45) is 1.58. The van der Waals surface area contributed by atoms with Gasteiger partial charge in [0.25, 0.3) is 0 Å². The maximum absolute atomic E-state index is 2.37. The van der Waals surface area contributed by atoms with Gasteiger partial charge in [-0.05, 0) is 41.6 Å². The van der Waals surface area contributed by atoms with Crippen LogP contribution in [0.4, 0.5) is 0 Å². The Labute approximate surface area is 78.0 Å². The predicted octanol–water partition coefficient (Wildman–Crippen LogP) is 2.45. The molecule has 1 aromatic rings. The van der Waals surface area contributed by atoms with Crippen LogP contribution in [0.3, 0.4) is 0 Å². The normalized spacial score (nSPS) is 62.6. The predicted molar refractivity (Wildman–Crippen MR) is 50.2 cm³/mol. The lowest BCUT2D eigenvalue weighted by molar-refractivity contribution is 0.369. The summed E-state index contributed by atoms with van der Waals surface area (Å²) in [5, 5.41) is 0. The minimum Gasteiger partial charge on any atom is -0.0622 e. The SMILES string of the molecule is c1ccc(C23C4CC5C(C52)C43)cc1. The summed E-state index contributed by atoms with van der Waals surface area (Å²) in [4.78, 5) is 0. The van der Waals surface area contributed by atoms with E-state index in [4.69, 9.17) is 0 Å². The highest BCUT2D eigenvalue weighted by Gasteiger charge is 2.96. The van der Waals surface area contributed by atoms with Crippen LogP contribution in [0.5, 0.6) is 0 Å². The maximum Gasteiger partial charge on any atom is 0.00522 e. The largest absolute Gasteiger partial charge is 0.0622 e. The standard InChI is InChI=1S/C13H12/c1-2-4-7(5-3-1)13-9-6-8-10(11(8)13)12(9)13/h1-5,8-12H,6H2. The first-order chi connectivity index (χ1) is 6.45. The van der Waals surface area contributed by atoms with Crippen molar-refractivity contribution in [3.63, 3.8) is 0 Å². The van der Waals surface area contributed by atoms with Crippen LogP contribution in [0.1, 0.15) is 12.0 Å². The molecule has 0 heteroatoms. The lowest BCUT2D eigenvalue weighted by Crippen LogP contribution is -2.23. The molecule has 0 amide bonds. The highest BCUT2D eigenvalue weighted by Crippen LogP contribution is 2.98. The van der Waals surface area contributed by atoms with Crippen LogP contribution in [-0.2, 0) is 5.41 Å². The van der Waals surface area contributed by atoms with E-state index in [1.54, 1.807) is 12.0 Å². The summed E-state index contributed by atoms with van der Waals surface area (Å²) in [5.74, 6) is 5.78. The van der Waals surface area contributed by atoms with Gasteiger partial charge < -0.3 is 0 Å². The lowest BCUT2D eigenvalue weighted by atomic mass is 9.79. The van der Waals surface area contributed by atoms with E-state index in [0.717, 1.165) is 23.2 Å². The zero-order chi connectivity index (χ0) is 8.21. The molecule has 13 heavy (non-hydrogen) atoms. The zero-order valence-corrected chi connectivity index (χ0v) is 7.48. The average Bonchev–Trinajstić information content (AvgIpc) is 2.82. The van der Waals surface area contributed by atoms with Gasteiger partial charge in [-0.1, -0.05) is 30.3 Å². The second-order valence-electron chi connectivity index (χ2n) is 5.43. The Morgan fingerprint density at radius 3 is 2.46 bits per heavy atom. The minimum absolute atomic E-state index is 0.747. The Balaban J connectivity index is 1.74.